The monoisotopic (exact) mass is 268 g/mol. The molecule has 1 aliphatic rings. The van der Waals surface area contributed by atoms with Gasteiger partial charge in [-0.2, -0.15) is 0 Å². The fraction of sp³-hybridized carbons (Fsp3) is 0.938. The zero-order chi connectivity index (χ0) is 14.3. The molecule has 0 unspecified atom stereocenters. The fourth-order valence-electron chi connectivity index (χ4n) is 3.29. The Hall–Kier alpha value is -0.570. The molecular formula is C16H32N2O. The van der Waals surface area contributed by atoms with Crippen molar-refractivity contribution in [3.05, 3.63) is 0 Å². The number of rotatable bonds is 7. The molecule has 0 aromatic rings. The number of carbonyl (C=O) groups is 1. The van der Waals surface area contributed by atoms with Gasteiger partial charge in [-0.15, -0.1) is 0 Å². The van der Waals surface area contributed by atoms with Crippen molar-refractivity contribution in [2.45, 2.75) is 59.3 Å². The van der Waals surface area contributed by atoms with E-state index in [0.717, 1.165) is 38.8 Å². The highest BCUT2D eigenvalue weighted by Crippen LogP contribution is 2.38. The predicted molar refractivity (Wildman–Crippen MR) is 80.7 cm³/mol. The molecule has 0 radical (unpaired) electrons. The molecule has 1 rings (SSSR count). The summed E-state index contributed by atoms with van der Waals surface area (Å²) in [6, 6.07) is 0. The molecule has 0 aromatic heterocycles. The van der Waals surface area contributed by atoms with E-state index in [0.29, 0.717) is 17.8 Å². The minimum Gasteiger partial charge on any atom is -0.356 e. The topological polar surface area (TPSA) is 55.1 Å². The summed E-state index contributed by atoms with van der Waals surface area (Å²) in [6.45, 7) is 8.35. The molecule has 0 saturated heterocycles. The summed E-state index contributed by atoms with van der Waals surface area (Å²) in [4.78, 5) is 12.4. The average Bonchev–Trinajstić information content (AvgIpc) is 2.37. The number of nitrogens with one attached hydrogen (secondary N) is 1. The Kier molecular flexibility index (Phi) is 7.44. The first kappa shape index (κ1) is 16.5. The van der Waals surface area contributed by atoms with Gasteiger partial charge in [0.2, 0.25) is 5.91 Å². The SMILES string of the molecule is CC(C)[C@@H]1CC[C@@H](C)C[C@H]1C(=O)NCCCCCN. The van der Waals surface area contributed by atoms with Crippen molar-refractivity contribution in [1.29, 1.82) is 0 Å². The molecule has 0 aromatic carbocycles. The van der Waals surface area contributed by atoms with Gasteiger partial charge in [-0.1, -0.05) is 33.6 Å². The van der Waals surface area contributed by atoms with Crippen molar-refractivity contribution in [2.75, 3.05) is 13.1 Å². The van der Waals surface area contributed by atoms with Crippen molar-refractivity contribution in [1.82, 2.24) is 5.32 Å². The van der Waals surface area contributed by atoms with Gasteiger partial charge in [-0.3, -0.25) is 4.79 Å². The molecule has 0 spiro atoms. The number of unbranched alkanes of at least 4 members (excludes halogenated alkanes) is 2. The summed E-state index contributed by atoms with van der Waals surface area (Å²) in [5, 5.41) is 3.14. The largest absolute Gasteiger partial charge is 0.356 e. The smallest absolute Gasteiger partial charge is 0.223 e. The third-order valence-electron chi connectivity index (χ3n) is 4.54. The maximum Gasteiger partial charge on any atom is 0.223 e. The quantitative estimate of drug-likeness (QED) is 0.698. The zero-order valence-electron chi connectivity index (χ0n) is 13.0. The van der Waals surface area contributed by atoms with Crippen LogP contribution in [0.3, 0.4) is 0 Å². The fourth-order valence-corrected chi connectivity index (χ4v) is 3.29. The maximum absolute atomic E-state index is 12.4. The van der Waals surface area contributed by atoms with Crippen LogP contribution < -0.4 is 11.1 Å². The lowest BCUT2D eigenvalue weighted by Crippen LogP contribution is -2.40. The van der Waals surface area contributed by atoms with Crippen molar-refractivity contribution in [2.24, 2.45) is 29.4 Å². The van der Waals surface area contributed by atoms with Crippen LogP contribution in [0, 0.1) is 23.7 Å². The zero-order valence-corrected chi connectivity index (χ0v) is 13.0. The predicted octanol–water partition coefficient (Wildman–Crippen LogP) is 2.94. The van der Waals surface area contributed by atoms with Crippen molar-refractivity contribution in [3.63, 3.8) is 0 Å². The molecule has 3 atom stereocenters. The first-order valence-corrected chi connectivity index (χ1v) is 8.04. The van der Waals surface area contributed by atoms with Crippen LogP contribution in [0.15, 0.2) is 0 Å². The van der Waals surface area contributed by atoms with Gasteiger partial charge in [-0.05, 0) is 50.0 Å². The second kappa shape index (κ2) is 8.57. The van der Waals surface area contributed by atoms with Crippen LogP contribution in [0.1, 0.15) is 59.3 Å². The summed E-state index contributed by atoms with van der Waals surface area (Å²) in [7, 11) is 0. The highest BCUT2D eigenvalue weighted by Gasteiger charge is 2.34. The lowest BCUT2D eigenvalue weighted by molar-refractivity contribution is -0.129. The lowest BCUT2D eigenvalue weighted by Gasteiger charge is -2.36. The van der Waals surface area contributed by atoms with Gasteiger partial charge in [0, 0.05) is 12.5 Å². The van der Waals surface area contributed by atoms with E-state index in [-0.39, 0.29) is 11.8 Å². The summed E-state index contributed by atoms with van der Waals surface area (Å²) >= 11 is 0. The minimum atomic E-state index is 0.234. The molecule has 1 fully saturated rings. The molecule has 19 heavy (non-hydrogen) atoms. The molecule has 112 valence electrons. The van der Waals surface area contributed by atoms with Gasteiger partial charge in [0.1, 0.15) is 0 Å². The van der Waals surface area contributed by atoms with Gasteiger partial charge >= 0.3 is 0 Å². The minimum absolute atomic E-state index is 0.234. The van der Waals surface area contributed by atoms with Crippen molar-refractivity contribution in [3.8, 4) is 0 Å². The van der Waals surface area contributed by atoms with Crippen LogP contribution >= 0.6 is 0 Å². The van der Waals surface area contributed by atoms with E-state index >= 15 is 0 Å². The molecule has 3 heteroatoms. The van der Waals surface area contributed by atoms with Gasteiger partial charge in [-0.25, -0.2) is 0 Å². The molecule has 3 nitrogen and oxygen atoms in total. The van der Waals surface area contributed by atoms with Crippen LogP contribution in [-0.4, -0.2) is 19.0 Å². The number of hydrogen-bond donors (Lipinski definition) is 2. The van der Waals surface area contributed by atoms with E-state index in [4.69, 9.17) is 5.73 Å². The Balaban J connectivity index is 2.38. The highest BCUT2D eigenvalue weighted by molar-refractivity contribution is 5.79. The first-order valence-electron chi connectivity index (χ1n) is 8.04. The van der Waals surface area contributed by atoms with E-state index in [2.05, 4.69) is 26.1 Å². The number of carbonyl (C=O) groups excluding carboxylic acids is 1. The summed E-state index contributed by atoms with van der Waals surface area (Å²) in [6.07, 6.45) is 6.79. The van der Waals surface area contributed by atoms with Crippen LogP contribution in [0.2, 0.25) is 0 Å². The van der Waals surface area contributed by atoms with Gasteiger partial charge in [0.15, 0.2) is 0 Å². The van der Waals surface area contributed by atoms with Gasteiger partial charge in [0.05, 0.1) is 0 Å². The Labute approximate surface area is 118 Å². The Morgan fingerprint density at radius 2 is 2.00 bits per heavy atom. The molecule has 1 saturated carbocycles. The maximum atomic E-state index is 12.4. The normalized spacial score (nSPS) is 27.5. The van der Waals surface area contributed by atoms with Crippen molar-refractivity contribution >= 4 is 5.91 Å². The van der Waals surface area contributed by atoms with Crippen LogP contribution in [0.25, 0.3) is 0 Å². The highest BCUT2D eigenvalue weighted by atomic mass is 16.1. The number of nitrogens with two attached hydrogens (primary N) is 1. The van der Waals surface area contributed by atoms with E-state index < -0.39 is 0 Å². The first-order chi connectivity index (χ1) is 9.06. The lowest BCUT2D eigenvalue weighted by atomic mass is 9.70. The Morgan fingerprint density at radius 3 is 2.63 bits per heavy atom. The Morgan fingerprint density at radius 1 is 1.26 bits per heavy atom. The molecule has 1 aliphatic carbocycles. The second-order valence-corrected chi connectivity index (χ2v) is 6.57. The molecule has 0 heterocycles. The summed E-state index contributed by atoms with van der Waals surface area (Å²) < 4.78 is 0. The molecule has 0 bridgehead atoms. The average molecular weight is 268 g/mol. The standard InChI is InChI=1S/C16H32N2O/c1-12(2)14-8-7-13(3)11-15(14)16(19)18-10-6-4-5-9-17/h12-15H,4-11,17H2,1-3H3,(H,18,19)/t13-,14+,15-/m1/s1. The van der Waals surface area contributed by atoms with Crippen LogP contribution in [0.4, 0.5) is 0 Å². The molecular weight excluding hydrogens is 236 g/mol. The Bertz CT molecular complexity index is 265. The van der Waals surface area contributed by atoms with Crippen LogP contribution in [-0.2, 0) is 4.79 Å². The second-order valence-electron chi connectivity index (χ2n) is 6.57. The third kappa shape index (κ3) is 5.52. The van der Waals surface area contributed by atoms with Gasteiger partial charge < -0.3 is 11.1 Å². The summed E-state index contributed by atoms with van der Waals surface area (Å²) in [5.41, 5.74) is 5.47. The van der Waals surface area contributed by atoms with Crippen molar-refractivity contribution < 1.29 is 4.79 Å². The van der Waals surface area contributed by atoms with Crippen LogP contribution in [0.5, 0.6) is 0 Å². The summed E-state index contributed by atoms with van der Waals surface area (Å²) in [5.74, 6) is 2.40. The third-order valence-corrected chi connectivity index (χ3v) is 4.54. The van der Waals surface area contributed by atoms with E-state index in [1.807, 2.05) is 0 Å². The van der Waals surface area contributed by atoms with E-state index in [9.17, 15) is 4.79 Å². The molecule has 3 N–H and O–H groups in total. The van der Waals surface area contributed by atoms with Gasteiger partial charge in [0.25, 0.3) is 0 Å². The van der Waals surface area contributed by atoms with E-state index in [1.165, 1.54) is 12.8 Å². The number of hydrogen-bond acceptors (Lipinski definition) is 2. The molecule has 1 amide bonds. The van der Waals surface area contributed by atoms with E-state index in [1.54, 1.807) is 0 Å². The number of amides is 1. The molecule has 0 aliphatic heterocycles.